The number of anilines is 1. The molecule has 11 heteroatoms. The molecule has 2 aromatic rings. The van der Waals surface area contributed by atoms with Gasteiger partial charge in [0.05, 0.1) is 11.9 Å². The molecule has 1 aromatic carbocycles. The minimum Gasteiger partial charge on any atom is -0.462 e. The van der Waals surface area contributed by atoms with E-state index in [-0.39, 0.29) is 28.5 Å². The summed E-state index contributed by atoms with van der Waals surface area (Å²) in [6.07, 6.45) is -2.00. The van der Waals surface area contributed by atoms with Gasteiger partial charge in [-0.3, -0.25) is 9.78 Å². The molecule has 0 unspecified atom stereocenters. The highest BCUT2D eigenvalue weighted by Crippen LogP contribution is 2.56. The van der Waals surface area contributed by atoms with E-state index in [0.717, 1.165) is 12.1 Å². The van der Waals surface area contributed by atoms with Crippen molar-refractivity contribution in [2.75, 3.05) is 5.32 Å². The number of benzene rings is 1. The van der Waals surface area contributed by atoms with Crippen molar-refractivity contribution < 1.29 is 22.7 Å². The van der Waals surface area contributed by atoms with Gasteiger partial charge in [0.15, 0.2) is 11.2 Å². The van der Waals surface area contributed by atoms with E-state index in [9.17, 15) is 18.0 Å². The minimum absolute atomic E-state index is 0.0176. The molecule has 2 aliphatic rings. The van der Waals surface area contributed by atoms with E-state index < -0.39 is 41.7 Å². The van der Waals surface area contributed by atoms with Gasteiger partial charge in [-0.25, -0.2) is 23.1 Å². The number of nitrogens with two attached hydrogens (primary N) is 1. The summed E-state index contributed by atoms with van der Waals surface area (Å²) in [4.78, 5) is 24.2. The lowest BCUT2D eigenvalue weighted by Gasteiger charge is -2.33. The highest BCUT2D eigenvalue weighted by atomic mass is 35.5. The lowest BCUT2D eigenvalue weighted by atomic mass is 9.84. The van der Waals surface area contributed by atoms with Crippen LogP contribution in [-0.4, -0.2) is 34.4 Å². The smallest absolute Gasteiger partial charge is 0.283 e. The van der Waals surface area contributed by atoms with Crippen molar-refractivity contribution in [1.29, 1.82) is 0 Å². The molecule has 0 radical (unpaired) electrons. The molecule has 0 spiro atoms. The minimum atomic E-state index is -3.03. The molecule has 4 rings (SSSR count). The molecule has 1 aromatic heterocycles. The second-order valence-corrected chi connectivity index (χ2v) is 7.24. The summed E-state index contributed by atoms with van der Waals surface area (Å²) in [7, 11) is 0. The van der Waals surface area contributed by atoms with Crippen LogP contribution in [0.4, 0.5) is 18.9 Å². The number of carbonyl (C=O) groups is 1. The van der Waals surface area contributed by atoms with Gasteiger partial charge in [-0.15, -0.1) is 0 Å². The maximum Gasteiger partial charge on any atom is 0.283 e. The molecular formula is C18H15ClF3N5O2. The third-order valence-electron chi connectivity index (χ3n) is 4.99. The molecule has 1 aliphatic heterocycles. The number of hydrogen-bond acceptors (Lipinski definition) is 6. The number of alkyl halides is 2. The zero-order valence-electron chi connectivity index (χ0n) is 15.0. The number of carbonyl (C=O) groups excluding carboxylic acids is 1. The molecule has 0 saturated heterocycles. The quantitative estimate of drug-likeness (QED) is 0.783. The summed E-state index contributed by atoms with van der Waals surface area (Å²) in [5.41, 5.74) is 3.38. The van der Waals surface area contributed by atoms with Gasteiger partial charge in [-0.1, -0.05) is 11.6 Å². The molecular weight excluding hydrogens is 411 g/mol. The first-order valence-corrected chi connectivity index (χ1v) is 9.01. The van der Waals surface area contributed by atoms with Crippen LogP contribution >= 0.6 is 11.6 Å². The molecule has 3 N–H and O–H groups in total. The lowest BCUT2D eigenvalue weighted by Crippen LogP contribution is -2.43. The van der Waals surface area contributed by atoms with Gasteiger partial charge in [0.25, 0.3) is 18.4 Å². The van der Waals surface area contributed by atoms with Crippen molar-refractivity contribution in [1.82, 2.24) is 9.97 Å². The number of nitrogens with zero attached hydrogens (tertiary/aromatic N) is 3. The van der Waals surface area contributed by atoms with E-state index in [1.807, 2.05) is 0 Å². The fourth-order valence-electron chi connectivity index (χ4n) is 3.54. The Bertz CT molecular complexity index is 1030. The Hall–Kier alpha value is -2.88. The highest BCUT2D eigenvalue weighted by Gasteiger charge is 2.64. The summed E-state index contributed by atoms with van der Waals surface area (Å²) in [5, 5.41) is 2.52. The number of nitrogens with one attached hydrogen (secondary N) is 1. The van der Waals surface area contributed by atoms with Crippen molar-refractivity contribution in [2.45, 2.75) is 31.4 Å². The normalized spacial score (nSPS) is 25.1. The molecule has 152 valence electrons. The predicted octanol–water partition coefficient (Wildman–Crippen LogP) is 3.02. The van der Waals surface area contributed by atoms with E-state index in [1.54, 1.807) is 6.92 Å². The van der Waals surface area contributed by atoms with Gasteiger partial charge in [0.2, 0.25) is 0 Å². The molecule has 1 fully saturated rings. The van der Waals surface area contributed by atoms with Crippen LogP contribution in [0.2, 0.25) is 5.15 Å². The van der Waals surface area contributed by atoms with Crippen LogP contribution in [0.5, 0.6) is 0 Å². The number of aromatic nitrogens is 2. The van der Waals surface area contributed by atoms with Crippen molar-refractivity contribution in [3.8, 4) is 0 Å². The maximum atomic E-state index is 14.6. The average molecular weight is 426 g/mol. The van der Waals surface area contributed by atoms with Crippen molar-refractivity contribution >= 4 is 29.2 Å². The Kier molecular flexibility index (Phi) is 4.60. The molecule has 1 aliphatic carbocycles. The summed E-state index contributed by atoms with van der Waals surface area (Å²) in [6, 6.07) is 2.96. The average Bonchev–Trinajstić information content (AvgIpc) is 3.44. The summed E-state index contributed by atoms with van der Waals surface area (Å²) < 4.78 is 48.1. The van der Waals surface area contributed by atoms with Crippen LogP contribution in [-0.2, 0) is 10.3 Å². The van der Waals surface area contributed by atoms with E-state index in [4.69, 9.17) is 22.1 Å². The molecule has 0 bridgehead atoms. The molecule has 2 heterocycles. The topological polar surface area (TPSA) is 102 Å². The number of hydrogen-bond donors (Lipinski definition) is 2. The first-order valence-electron chi connectivity index (χ1n) is 8.63. The standard InChI is InChI=1S/C18H15ClF3N5O2/c1-7-14(26-13(19)6-24-7)15(28)25-8-2-3-11(20)9(4-8)18(16(21)22)10-5-12(10)29-17(23)27-18/h2-4,6,10,12,16H,5H2,1H3,(H2,23,27)(H,25,28)/t10-,12+,18+/m1/s1. The van der Waals surface area contributed by atoms with Gasteiger partial charge < -0.3 is 15.8 Å². The number of aliphatic imine (C=N–C) groups is 1. The van der Waals surface area contributed by atoms with Gasteiger partial charge >= 0.3 is 0 Å². The number of amidine groups is 1. The van der Waals surface area contributed by atoms with Crippen LogP contribution in [0.3, 0.4) is 0 Å². The zero-order chi connectivity index (χ0) is 20.9. The number of halogens is 4. The number of fused-ring (bicyclic) bond motifs is 1. The number of ether oxygens (including phenoxy) is 1. The first kappa shape index (κ1) is 19.4. The Balaban J connectivity index is 1.72. The summed E-state index contributed by atoms with van der Waals surface area (Å²) in [5.74, 6) is -2.26. The first-order chi connectivity index (χ1) is 13.7. The fourth-order valence-corrected chi connectivity index (χ4v) is 3.68. The van der Waals surface area contributed by atoms with Crippen LogP contribution in [0.1, 0.15) is 28.2 Å². The second kappa shape index (κ2) is 6.87. The van der Waals surface area contributed by atoms with Gasteiger partial charge in [-0.05, 0) is 31.5 Å². The molecule has 1 saturated carbocycles. The van der Waals surface area contributed by atoms with Crippen molar-refractivity contribution in [3.63, 3.8) is 0 Å². The molecule has 29 heavy (non-hydrogen) atoms. The monoisotopic (exact) mass is 425 g/mol. The third-order valence-corrected chi connectivity index (χ3v) is 5.18. The number of rotatable bonds is 4. The van der Waals surface area contributed by atoms with Crippen LogP contribution in [0.15, 0.2) is 29.4 Å². The molecule has 3 atom stereocenters. The fraction of sp³-hybridized carbons (Fsp3) is 0.333. The van der Waals surface area contributed by atoms with E-state index in [0.29, 0.717) is 5.69 Å². The Morgan fingerprint density at radius 3 is 2.93 bits per heavy atom. The molecule has 7 nitrogen and oxygen atoms in total. The van der Waals surface area contributed by atoms with Gasteiger partial charge in [0, 0.05) is 17.2 Å². The summed E-state index contributed by atoms with van der Waals surface area (Å²) in [6.45, 7) is 1.56. The predicted molar refractivity (Wildman–Crippen MR) is 98.4 cm³/mol. The maximum absolute atomic E-state index is 14.6. The lowest BCUT2D eigenvalue weighted by molar-refractivity contribution is 0.0177. The number of amides is 1. The van der Waals surface area contributed by atoms with Crippen molar-refractivity contribution in [3.05, 3.63) is 52.3 Å². The zero-order valence-corrected chi connectivity index (χ0v) is 15.8. The van der Waals surface area contributed by atoms with Crippen molar-refractivity contribution in [2.24, 2.45) is 16.6 Å². The Labute approximate surface area is 168 Å². The SMILES string of the molecule is Cc1ncc(Cl)nc1C(=O)Nc1ccc(F)c([C@]2(C(F)F)N=C(N)O[C@H]3C[C@H]32)c1. The van der Waals surface area contributed by atoms with Gasteiger partial charge in [0.1, 0.15) is 17.1 Å². The summed E-state index contributed by atoms with van der Waals surface area (Å²) >= 11 is 5.77. The molecule has 1 amide bonds. The van der Waals surface area contributed by atoms with Crippen LogP contribution < -0.4 is 11.1 Å². The largest absolute Gasteiger partial charge is 0.462 e. The van der Waals surface area contributed by atoms with E-state index >= 15 is 0 Å². The van der Waals surface area contributed by atoms with Gasteiger partial charge in [-0.2, -0.15) is 0 Å². The van der Waals surface area contributed by atoms with Crippen LogP contribution in [0.25, 0.3) is 0 Å². The highest BCUT2D eigenvalue weighted by molar-refractivity contribution is 6.29. The second-order valence-electron chi connectivity index (χ2n) is 6.85. The Morgan fingerprint density at radius 1 is 1.45 bits per heavy atom. The number of aryl methyl sites for hydroxylation is 1. The van der Waals surface area contributed by atoms with E-state index in [1.165, 1.54) is 12.3 Å². The third kappa shape index (κ3) is 3.27. The van der Waals surface area contributed by atoms with E-state index in [2.05, 4.69) is 20.3 Å². The Morgan fingerprint density at radius 2 is 2.21 bits per heavy atom. The van der Waals surface area contributed by atoms with Crippen LogP contribution in [0, 0.1) is 18.7 Å².